The summed E-state index contributed by atoms with van der Waals surface area (Å²) in [6, 6.07) is 7.33. The van der Waals surface area contributed by atoms with Gasteiger partial charge >= 0.3 is 0 Å². The zero-order valence-electron chi connectivity index (χ0n) is 12.3. The van der Waals surface area contributed by atoms with Gasteiger partial charge in [0.2, 0.25) is 0 Å². The van der Waals surface area contributed by atoms with Gasteiger partial charge < -0.3 is 15.4 Å². The molecule has 1 atom stereocenters. The number of benzene rings is 1. The molecule has 1 amide bonds. The summed E-state index contributed by atoms with van der Waals surface area (Å²) in [7, 11) is 0. The van der Waals surface area contributed by atoms with Gasteiger partial charge in [-0.2, -0.15) is 0 Å². The highest BCUT2D eigenvalue weighted by Crippen LogP contribution is 2.41. The third-order valence-corrected chi connectivity index (χ3v) is 5.48. The van der Waals surface area contributed by atoms with Crippen molar-refractivity contribution in [3.8, 4) is 5.75 Å². The molecule has 0 fully saturated rings. The zero-order chi connectivity index (χ0) is 15.9. The van der Waals surface area contributed by atoms with Gasteiger partial charge in [0.15, 0.2) is 0 Å². The van der Waals surface area contributed by atoms with E-state index in [2.05, 4.69) is 11.8 Å². The molecular weight excluding hydrogens is 340 g/mol. The Kier molecular flexibility index (Phi) is 6.79. The van der Waals surface area contributed by atoms with Crippen molar-refractivity contribution in [3.05, 3.63) is 39.7 Å². The maximum atomic E-state index is 11.0. The van der Waals surface area contributed by atoms with E-state index in [9.17, 15) is 4.79 Å². The molecule has 1 aromatic carbocycles. The second-order valence-electron chi connectivity index (χ2n) is 4.77. The zero-order valence-corrected chi connectivity index (χ0v) is 14.7. The first-order valence-corrected chi connectivity index (χ1v) is 9.15. The van der Waals surface area contributed by atoms with Crippen LogP contribution in [0.1, 0.15) is 19.8 Å². The highest BCUT2D eigenvalue weighted by molar-refractivity contribution is 8.29. The van der Waals surface area contributed by atoms with Crippen LogP contribution in [-0.4, -0.2) is 28.7 Å². The monoisotopic (exact) mass is 358 g/mol. The van der Waals surface area contributed by atoms with E-state index in [4.69, 9.17) is 22.1 Å². The number of amides is 1. The van der Waals surface area contributed by atoms with Crippen LogP contribution in [0.5, 0.6) is 5.75 Å². The van der Waals surface area contributed by atoms with Crippen LogP contribution in [0.3, 0.4) is 0 Å². The summed E-state index contributed by atoms with van der Waals surface area (Å²) in [5.41, 5.74) is 5.24. The van der Waals surface area contributed by atoms with E-state index in [0.717, 1.165) is 41.1 Å². The Bertz CT molecular complexity index is 537. The summed E-state index contributed by atoms with van der Waals surface area (Å²) in [6.07, 6.45) is 4.16. The highest BCUT2D eigenvalue weighted by atomic mass is 35.5. The van der Waals surface area contributed by atoms with E-state index in [1.54, 1.807) is 11.8 Å². The van der Waals surface area contributed by atoms with E-state index in [0.29, 0.717) is 17.0 Å². The Labute approximate surface area is 144 Å². The minimum atomic E-state index is -0.367. The molecule has 0 saturated carbocycles. The van der Waals surface area contributed by atoms with Crippen molar-refractivity contribution in [2.75, 3.05) is 13.2 Å². The number of rotatable bonds is 7. The van der Waals surface area contributed by atoms with Gasteiger partial charge in [-0.25, -0.2) is 0 Å². The fourth-order valence-electron chi connectivity index (χ4n) is 2.08. The van der Waals surface area contributed by atoms with Gasteiger partial charge in [-0.05, 0) is 42.4 Å². The molecule has 0 spiro atoms. The van der Waals surface area contributed by atoms with Crippen molar-refractivity contribution in [1.82, 2.24) is 4.90 Å². The van der Waals surface area contributed by atoms with Crippen LogP contribution in [0.25, 0.3) is 0 Å². The molecule has 7 heteroatoms. The standard InChI is InChI=1S/C15H19ClN2O2S2/c1-2-3-13-18(10-14(21-13)22-15(17)19)8-9-20-12-6-4-11(16)5-7-12/h4-7,10,13H,2-3,8-9H2,1H3,(H2,17,19). The molecule has 2 rings (SSSR count). The van der Waals surface area contributed by atoms with Crippen LogP contribution in [0.2, 0.25) is 5.02 Å². The fraction of sp³-hybridized carbons (Fsp3) is 0.400. The van der Waals surface area contributed by atoms with Crippen molar-refractivity contribution in [2.45, 2.75) is 25.1 Å². The van der Waals surface area contributed by atoms with E-state index < -0.39 is 0 Å². The molecule has 1 heterocycles. The lowest BCUT2D eigenvalue weighted by atomic mass is 10.3. The highest BCUT2D eigenvalue weighted by Gasteiger charge is 2.25. The van der Waals surface area contributed by atoms with Crippen molar-refractivity contribution < 1.29 is 9.53 Å². The average Bonchev–Trinajstić information content (AvgIpc) is 2.82. The summed E-state index contributed by atoms with van der Waals surface area (Å²) in [4.78, 5) is 13.2. The molecule has 0 bridgehead atoms. The Hall–Kier alpha value is -0.980. The van der Waals surface area contributed by atoms with E-state index in [-0.39, 0.29) is 5.24 Å². The minimum Gasteiger partial charge on any atom is -0.492 e. The second-order valence-corrected chi connectivity index (χ2v) is 7.73. The van der Waals surface area contributed by atoms with Crippen LogP contribution < -0.4 is 10.5 Å². The molecule has 1 aliphatic heterocycles. The second kappa shape index (κ2) is 8.60. The minimum absolute atomic E-state index is 0.348. The predicted octanol–water partition coefficient (Wildman–Crippen LogP) is 4.50. The molecule has 1 aliphatic rings. The molecule has 1 unspecified atom stereocenters. The maximum absolute atomic E-state index is 11.0. The number of halogens is 1. The van der Waals surface area contributed by atoms with Crippen LogP contribution in [0.4, 0.5) is 4.79 Å². The maximum Gasteiger partial charge on any atom is 0.281 e. The number of carbonyl (C=O) groups excluding carboxylic acids is 1. The Morgan fingerprint density at radius 2 is 2.18 bits per heavy atom. The van der Waals surface area contributed by atoms with Gasteiger partial charge in [0.05, 0.1) is 16.2 Å². The summed E-state index contributed by atoms with van der Waals surface area (Å²) in [5.74, 6) is 0.805. The van der Waals surface area contributed by atoms with Gasteiger partial charge in [-0.1, -0.05) is 36.7 Å². The predicted molar refractivity (Wildman–Crippen MR) is 95.2 cm³/mol. The Morgan fingerprint density at radius 1 is 1.45 bits per heavy atom. The van der Waals surface area contributed by atoms with Crippen molar-refractivity contribution in [2.24, 2.45) is 5.73 Å². The van der Waals surface area contributed by atoms with Gasteiger partial charge in [-0.15, -0.1) is 0 Å². The molecule has 0 aliphatic carbocycles. The van der Waals surface area contributed by atoms with Crippen LogP contribution in [0.15, 0.2) is 34.7 Å². The molecule has 0 saturated heterocycles. The number of nitrogens with zero attached hydrogens (tertiary/aromatic N) is 1. The number of primary amides is 1. The van der Waals surface area contributed by atoms with Crippen molar-refractivity contribution >= 4 is 40.4 Å². The Balaban J connectivity index is 1.86. The van der Waals surface area contributed by atoms with Gasteiger partial charge in [0.1, 0.15) is 12.4 Å². The lowest BCUT2D eigenvalue weighted by Crippen LogP contribution is -2.28. The number of thioether (sulfide) groups is 2. The summed E-state index contributed by atoms with van der Waals surface area (Å²) in [6.45, 7) is 3.50. The van der Waals surface area contributed by atoms with E-state index in [1.165, 1.54) is 0 Å². The van der Waals surface area contributed by atoms with E-state index in [1.807, 2.05) is 30.5 Å². The lowest BCUT2D eigenvalue weighted by Gasteiger charge is -2.24. The average molecular weight is 359 g/mol. The SMILES string of the molecule is CCCC1SC(SC(N)=O)=CN1CCOc1ccc(Cl)cc1. The number of ether oxygens (including phenoxy) is 1. The smallest absolute Gasteiger partial charge is 0.281 e. The van der Waals surface area contributed by atoms with Gasteiger partial charge in [-0.3, -0.25) is 4.79 Å². The molecule has 1 aromatic rings. The first kappa shape index (κ1) is 17.4. The van der Waals surface area contributed by atoms with Gasteiger partial charge in [0.25, 0.3) is 5.24 Å². The number of hydrogen-bond donors (Lipinski definition) is 1. The van der Waals surface area contributed by atoms with Crippen LogP contribution >= 0.6 is 35.1 Å². The summed E-state index contributed by atoms with van der Waals surface area (Å²) in [5, 5.41) is 0.677. The molecule has 2 N–H and O–H groups in total. The number of nitrogens with two attached hydrogens (primary N) is 1. The Morgan fingerprint density at radius 3 is 2.82 bits per heavy atom. The molecule has 0 aromatic heterocycles. The summed E-state index contributed by atoms with van der Waals surface area (Å²) >= 11 is 8.64. The van der Waals surface area contributed by atoms with Crippen molar-refractivity contribution in [1.29, 1.82) is 0 Å². The lowest BCUT2D eigenvalue weighted by molar-refractivity contribution is 0.244. The third kappa shape index (κ3) is 5.34. The molecule has 22 heavy (non-hydrogen) atoms. The van der Waals surface area contributed by atoms with Crippen LogP contribution in [0, 0.1) is 0 Å². The quantitative estimate of drug-likeness (QED) is 0.777. The first-order chi connectivity index (χ1) is 10.6. The molecule has 4 nitrogen and oxygen atoms in total. The topological polar surface area (TPSA) is 55.6 Å². The number of hydrogen-bond acceptors (Lipinski definition) is 5. The van der Waals surface area contributed by atoms with E-state index >= 15 is 0 Å². The summed E-state index contributed by atoms with van der Waals surface area (Å²) < 4.78 is 6.68. The number of carbonyl (C=O) groups is 1. The first-order valence-electron chi connectivity index (χ1n) is 7.08. The van der Waals surface area contributed by atoms with Gasteiger partial charge in [0, 0.05) is 11.2 Å². The van der Waals surface area contributed by atoms with Crippen LogP contribution in [-0.2, 0) is 0 Å². The largest absolute Gasteiger partial charge is 0.492 e. The molecule has 120 valence electrons. The normalized spacial score (nSPS) is 17.5. The third-order valence-electron chi connectivity index (χ3n) is 3.06. The molecule has 0 radical (unpaired) electrons. The molecular formula is C15H19ClN2O2S2. The fourth-order valence-corrected chi connectivity index (χ4v) is 4.48. The van der Waals surface area contributed by atoms with Crippen molar-refractivity contribution in [3.63, 3.8) is 0 Å².